The summed E-state index contributed by atoms with van der Waals surface area (Å²) >= 11 is 6.53. The van der Waals surface area contributed by atoms with E-state index in [0.717, 1.165) is 37.8 Å². The highest BCUT2D eigenvalue weighted by atomic mass is 35.5. The lowest BCUT2D eigenvalue weighted by molar-refractivity contribution is -0.150. The van der Waals surface area contributed by atoms with Gasteiger partial charge in [-0.1, -0.05) is 30.7 Å². The Morgan fingerprint density at radius 2 is 1.98 bits per heavy atom. The molecular weight excluding hydrogens is 624 g/mol. The Bertz CT molecular complexity index is 1500. The summed E-state index contributed by atoms with van der Waals surface area (Å²) in [4.78, 5) is 56.2. The Morgan fingerprint density at radius 1 is 1.17 bits per heavy atom. The van der Waals surface area contributed by atoms with Gasteiger partial charge in [0.1, 0.15) is 0 Å². The van der Waals surface area contributed by atoms with Crippen LogP contribution in [0.5, 0.6) is 0 Å². The van der Waals surface area contributed by atoms with Crippen molar-refractivity contribution in [3.8, 4) is 0 Å². The topological polar surface area (TPSA) is 131 Å². The summed E-state index contributed by atoms with van der Waals surface area (Å²) in [5.41, 5.74) is 0.984. The lowest BCUT2D eigenvalue weighted by atomic mass is 9.82. The largest absolute Gasteiger partial charge is 0.432 e. The van der Waals surface area contributed by atoms with E-state index in [1.807, 2.05) is 50.3 Å². The molecule has 3 amide bonds. The zero-order valence-electron chi connectivity index (χ0n) is 26.8. The molecule has 4 N–H and O–H groups in total. The number of piperidine rings is 1. The molecule has 0 bridgehead atoms. The molecule has 6 rings (SSSR count). The molecule has 12 heteroatoms. The van der Waals surface area contributed by atoms with E-state index < -0.39 is 31.5 Å². The van der Waals surface area contributed by atoms with Crippen LogP contribution in [0.25, 0.3) is 0 Å². The molecule has 4 heterocycles. The van der Waals surface area contributed by atoms with Crippen molar-refractivity contribution in [3.05, 3.63) is 58.6 Å². The third-order valence-corrected chi connectivity index (χ3v) is 13.2. The van der Waals surface area contributed by atoms with E-state index in [4.69, 9.17) is 16.3 Å². The minimum atomic E-state index is -2.97. The molecule has 0 saturated carbocycles. The summed E-state index contributed by atoms with van der Waals surface area (Å²) in [6.45, 7) is 7.91. The van der Waals surface area contributed by atoms with Crippen molar-refractivity contribution in [2.24, 2.45) is 11.8 Å². The number of likely N-dealkylation sites (tertiary alicyclic amines) is 1. The second-order valence-corrected chi connectivity index (χ2v) is 18.3. The number of hydrogen-bond donors (Lipinski definition) is 4. The van der Waals surface area contributed by atoms with Crippen molar-refractivity contribution in [2.75, 3.05) is 36.5 Å². The predicted octanol–water partition coefficient (Wildman–Crippen LogP) is 4.00. The zero-order valence-corrected chi connectivity index (χ0v) is 28.6. The number of rotatable bonds is 8. The number of anilines is 2. The van der Waals surface area contributed by atoms with E-state index in [-0.39, 0.29) is 49.3 Å². The van der Waals surface area contributed by atoms with Crippen LogP contribution >= 0.6 is 11.6 Å². The molecule has 46 heavy (non-hydrogen) atoms. The van der Waals surface area contributed by atoms with Gasteiger partial charge in [-0.2, -0.15) is 0 Å². The SMILES string of the molecule is C[C@@H]1[C@@H]([Si](C)(C)O)[C@H](CC(=O)N2CCC[C@H]2CO)O[C@@]12C(=O)N(Cc1cccc(NC(=O)C3CCCNC3)c1)c1ccc(Cl)cc12. The fourth-order valence-electron chi connectivity index (χ4n) is 8.30. The fourth-order valence-corrected chi connectivity index (χ4v) is 11.0. The monoisotopic (exact) mass is 668 g/mol. The van der Waals surface area contributed by atoms with Gasteiger partial charge in [-0.05, 0) is 81.2 Å². The predicted molar refractivity (Wildman–Crippen MR) is 179 cm³/mol. The molecule has 2 aromatic carbocycles. The van der Waals surface area contributed by atoms with Gasteiger partial charge in [-0.25, -0.2) is 0 Å². The molecule has 0 radical (unpaired) electrons. The Balaban J connectivity index is 1.29. The summed E-state index contributed by atoms with van der Waals surface area (Å²) in [6, 6.07) is 12.7. The minimum Gasteiger partial charge on any atom is -0.432 e. The van der Waals surface area contributed by atoms with Crippen molar-refractivity contribution < 1.29 is 29.0 Å². The van der Waals surface area contributed by atoms with E-state index in [9.17, 15) is 24.3 Å². The molecule has 4 aliphatic heterocycles. The van der Waals surface area contributed by atoms with Crippen LogP contribution in [-0.4, -0.2) is 79.2 Å². The van der Waals surface area contributed by atoms with Crippen molar-refractivity contribution in [1.82, 2.24) is 10.2 Å². The van der Waals surface area contributed by atoms with E-state index in [1.165, 1.54) is 0 Å². The number of ether oxygens (including phenoxy) is 1. The molecule has 3 saturated heterocycles. The Hall–Kier alpha value is -2.80. The van der Waals surface area contributed by atoms with E-state index in [0.29, 0.717) is 35.1 Å². The number of aliphatic hydroxyl groups is 1. The summed E-state index contributed by atoms with van der Waals surface area (Å²) < 4.78 is 6.82. The highest BCUT2D eigenvalue weighted by Crippen LogP contribution is 2.60. The van der Waals surface area contributed by atoms with Gasteiger partial charge in [0, 0.05) is 40.8 Å². The van der Waals surface area contributed by atoms with E-state index in [1.54, 1.807) is 21.9 Å². The number of benzene rings is 2. The first-order chi connectivity index (χ1) is 21.9. The van der Waals surface area contributed by atoms with Gasteiger partial charge in [0.15, 0.2) is 13.9 Å². The minimum absolute atomic E-state index is 0.0182. The number of hydrogen-bond acceptors (Lipinski definition) is 7. The Kier molecular flexibility index (Phi) is 9.36. The quantitative estimate of drug-likeness (QED) is 0.313. The lowest BCUT2D eigenvalue weighted by Gasteiger charge is -2.32. The summed E-state index contributed by atoms with van der Waals surface area (Å²) in [5, 5.41) is 16.6. The number of aliphatic hydroxyl groups excluding tert-OH is 1. The van der Waals surface area contributed by atoms with E-state index >= 15 is 0 Å². The maximum atomic E-state index is 14.7. The fraction of sp³-hybridized carbons (Fsp3) is 0.559. The maximum absolute atomic E-state index is 14.7. The maximum Gasteiger partial charge on any atom is 0.264 e. The standard InChI is InChI=1S/C34H45ClN4O6Si/c1-21-31(46(2,3)44)29(17-30(41)38-14-6-10-26(38)20-40)45-34(21)27-16-24(35)11-12-28(27)39(33(34)43)19-22-7-4-9-25(15-22)37-32(42)23-8-5-13-36-18-23/h4,7,9,11-12,15-16,21,23,26,29,31,36,40,44H,5-6,8,10,13-14,17-20H2,1-3H3,(H,37,42)/t21-,23?,26+,29+,31-,34+/m1/s1. The second kappa shape index (κ2) is 13.0. The molecule has 0 aromatic heterocycles. The molecule has 2 aromatic rings. The van der Waals surface area contributed by atoms with Crippen molar-refractivity contribution in [1.29, 1.82) is 0 Å². The smallest absolute Gasteiger partial charge is 0.264 e. The highest BCUT2D eigenvalue weighted by molar-refractivity contribution is 6.71. The van der Waals surface area contributed by atoms with Crippen LogP contribution in [0.1, 0.15) is 50.2 Å². The molecule has 4 aliphatic rings. The van der Waals surface area contributed by atoms with Gasteiger partial charge in [0.2, 0.25) is 11.8 Å². The van der Waals surface area contributed by atoms with Crippen LogP contribution in [0.15, 0.2) is 42.5 Å². The number of carbonyl (C=O) groups is 3. The van der Waals surface area contributed by atoms with Gasteiger partial charge in [0.05, 0.1) is 43.3 Å². The first kappa shape index (κ1) is 33.1. The van der Waals surface area contributed by atoms with Crippen LogP contribution in [0, 0.1) is 11.8 Å². The lowest BCUT2D eigenvalue weighted by Crippen LogP contribution is -2.46. The first-order valence-corrected chi connectivity index (χ1v) is 19.9. The number of nitrogens with zero attached hydrogens (tertiary/aromatic N) is 2. The average molecular weight is 669 g/mol. The van der Waals surface area contributed by atoms with Gasteiger partial charge < -0.3 is 35.1 Å². The van der Waals surface area contributed by atoms with E-state index in [2.05, 4.69) is 10.6 Å². The summed E-state index contributed by atoms with van der Waals surface area (Å²) in [6.07, 6.45) is 2.73. The number of amides is 3. The van der Waals surface area contributed by atoms with Gasteiger partial charge >= 0.3 is 0 Å². The zero-order chi connectivity index (χ0) is 32.8. The number of halogens is 1. The van der Waals surface area contributed by atoms with Crippen molar-refractivity contribution >= 4 is 49.0 Å². The number of nitrogens with one attached hydrogen (secondary N) is 2. The molecule has 3 fully saturated rings. The van der Waals surface area contributed by atoms with Crippen LogP contribution in [0.2, 0.25) is 23.7 Å². The third-order valence-electron chi connectivity index (χ3n) is 10.4. The normalized spacial score (nSPS) is 29.4. The van der Waals surface area contributed by atoms with Gasteiger partial charge in [-0.3, -0.25) is 14.4 Å². The summed E-state index contributed by atoms with van der Waals surface area (Å²) in [5.74, 6) is -0.927. The number of carbonyl (C=O) groups excluding carboxylic acids is 3. The molecule has 0 aliphatic carbocycles. The van der Waals surface area contributed by atoms with Crippen molar-refractivity contribution in [2.45, 2.75) is 82.0 Å². The van der Waals surface area contributed by atoms with Gasteiger partial charge in [-0.15, -0.1) is 0 Å². The second-order valence-electron chi connectivity index (χ2n) is 13.9. The average Bonchev–Trinajstić information content (AvgIpc) is 3.68. The van der Waals surface area contributed by atoms with Crippen LogP contribution in [0.3, 0.4) is 0 Å². The Morgan fingerprint density at radius 3 is 2.70 bits per heavy atom. The van der Waals surface area contributed by atoms with Gasteiger partial charge in [0.25, 0.3) is 5.91 Å². The highest BCUT2D eigenvalue weighted by Gasteiger charge is 2.66. The molecular formula is C34H45ClN4O6Si. The Labute approximate surface area is 276 Å². The third kappa shape index (κ3) is 6.02. The molecule has 1 unspecified atom stereocenters. The molecule has 1 spiro atoms. The van der Waals surface area contributed by atoms with Crippen LogP contribution in [0.4, 0.5) is 11.4 Å². The molecule has 10 nitrogen and oxygen atoms in total. The molecule has 6 atom stereocenters. The summed E-state index contributed by atoms with van der Waals surface area (Å²) in [7, 11) is -2.97. The van der Waals surface area contributed by atoms with Crippen molar-refractivity contribution in [3.63, 3.8) is 0 Å². The van der Waals surface area contributed by atoms with Crippen LogP contribution < -0.4 is 15.5 Å². The first-order valence-electron chi connectivity index (χ1n) is 16.5. The van der Waals surface area contributed by atoms with Crippen LogP contribution in [-0.2, 0) is 31.3 Å². The number of fused-ring (bicyclic) bond motifs is 2. The molecule has 248 valence electrons.